The van der Waals surface area contributed by atoms with Crippen LogP contribution >= 0.6 is 0 Å². The Hall–Kier alpha value is -2.76. The zero-order valence-corrected chi connectivity index (χ0v) is 10.0. The number of nitrogens with one attached hydrogen (secondary N) is 1. The molecule has 6 nitrogen and oxygen atoms in total. The molecule has 6 heteroatoms. The molecule has 3 aromatic rings. The molecule has 19 heavy (non-hydrogen) atoms. The number of rotatable bonds is 3. The van der Waals surface area contributed by atoms with Gasteiger partial charge < -0.3 is 19.4 Å². The van der Waals surface area contributed by atoms with Gasteiger partial charge in [0.1, 0.15) is 5.75 Å². The molecule has 0 aliphatic carbocycles. The molecule has 0 saturated carbocycles. The summed E-state index contributed by atoms with van der Waals surface area (Å²) in [6, 6.07) is 8.86. The van der Waals surface area contributed by atoms with Gasteiger partial charge >= 0.3 is 5.97 Å². The zero-order valence-electron chi connectivity index (χ0n) is 10.0. The van der Waals surface area contributed by atoms with Crippen LogP contribution in [-0.2, 0) is 0 Å². The minimum atomic E-state index is -1.12. The smallest absolute Gasteiger partial charge is 0.358 e. The van der Waals surface area contributed by atoms with Crippen LogP contribution in [0.4, 0.5) is 0 Å². The number of aromatic carboxylic acids is 1. The first-order valence-electron chi connectivity index (χ1n) is 5.55. The number of hydrogen-bond donors (Lipinski definition) is 2. The van der Waals surface area contributed by atoms with Crippen molar-refractivity contribution in [3.63, 3.8) is 0 Å². The first kappa shape index (κ1) is 11.3. The van der Waals surface area contributed by atoms with Gasteiger partial charge in [-0.2, -0.15) is 0 Å². The maximum Gasteiger partial charge on any atom is 0.358 e. The van der Waals surface area contributed by atoms with Gasteiger partial charge in [0.2, 0.25) is 0 Å². The Morgan fingerprint density at radius 3 is 2.95 bits per heavy atom. The molecule has 0 fully saturated rings. The Morgan fingerprint density at radius 1 is 1.42 bits per heavy atom. The SMILES string of the molecule is COc1cccc2cc(-c3cc(C(=O)O)no3)[nH]c12. The summed E-state index contributed by atoms with van der Waals surface area (Å²) in [5.74, 6) is -0.0407. The molecule has 1 aromatic carbocycles. The van der Waals surface area contributed by atoms with Crippen LogP contribution in [0, 0.1) is 0 Å². The highest BCUT2D eigenvalue weighted by atomic mass is 16.5. The third kappa shape index (κ3) is 1.83. The first-order chi connectivity index (χ1) is 9.19. The second kappa shape index (κ2) is 4.16. The molecular formula is C13H10N2O4. The fourth-order valence-electron chi connectivity index (χ4n) is 1.93. The summed E-state index contributed by atoms with van der Waals surface area (Å²) >= 11 is 0. The number of hydrogen-bond acceptors (Lipinski definition) is 4. The number of carboxylic acids is 1. The maximum atomic E-state index is 10.8. The van der Waals surface area contributed by atoms with E-state index in [9.17, 15) is 4.79 Å². The van der Waals surface area contributed by atoms with E-state index in [1.807, 2.05) is 24.3 Å². The Labute approximate surface area is 107 Å². The second-order valence-corrected chi connectivity index (χ2v) is 3.99. The quantitative estimate of drug-likeness (QED) is 0.753. The lowest BCUT2D eigenvalue weighted by atomic mass is 10.2. The number of para-hydroxylation sites is 1. The van der Waals surface area contributed by atoms with E-state index in [1.54, 1.807) is 7.11 Å². The molecule has 0 unspecified atom stereocenters. The summed E-state index contributed by atoms with van der Waals surface area (Å²) in [5, 5.41) is 13.2. The highest BCUT2D eigenvalue weighted by molar-refractivity contribution is 5.91. The third-order valence-corrected chi connectivity index (χ3v) is 2.83. The van der Waals surface area contributed by atoms with Crippen molar-refractivity contribution in [1.82, 2.24) is 10.1 Å². The van der Waals surface area contributed by atoms with Gasteiger partial charge in [-0.15, -0.1) is 0 Å². The molecule has 0 radical (unpaired) electrons. The first-order valence-corrected chi connectivity index (χ1v) is 5.55. The molecule has 2 aromatic heterocycles. The van der Waals surface area contributed by atoms with Crippen molar-refractivity contribution in [3.05, 3.63) is 36.0 Å². The molecule has 96 valence electrons. The molecule has 0 bridgehead atoms. The number of fused-ring (bicyclic) bond motifs is 1. The van der Waals surface area contributed by atoms with E-state index in [4.69, 9.17) is 14.4 Å². The van der Waals surface area contributed by atoms with E-state index in [-0.39, 0.29) is 5.69 Å². The molecular weight excluding hydrogens is 248 g/mol. The number of nitrogens with zero attached hydrogens (tertiary/aromatic N) is 1. The minimum Gasteiger partial charge on any atom is -0.495 e. The van der Waals surface area contributed by atoms with Crippen molar-refractivity contribution >= 4 is 16.9 Å². The molecule has 0 aliphatic heterocycles. The van der Waals surface area contributed by atoms with Gasteiger partial charge in [-0.05, 0) is 12.1 Å². The van der Waals surface area contributed by atoms with Gasteiger partial charge in [0.05, 0.1) is 18.3 Å². The average Bonchev–Trinajstić information content (AvgIpc) is 3.04. The predicted molar refractivity (Wildman–Crippen MR) is 67.3 cm³/mol. The predicted octanol–water partition coefficient (Wildman–Crippen LogP) is 2.53. The van der Waals surface area contributed by atoms with Crippen molar-refractivity contribution in [2.45, 2.75) is 0 Å². The van der Waals surface area contributed by atoms with Gasteiger partial charge in [-0.25, -0.2) is 4.79 Å². The minimum absolute atomic E-state index is 0.124. The van der Waals surface area contributed by atoms with Crippen LogP contribution in [0.5, 0.6) is 5.75 Å². The lowest BCUT2D eigenvalue weighted by molar-refractivity contribution is 0.0686. The Balaban J connectivity index is 2.12. The monoisotopic (exact) mass is 258 g/mol. The van der Waals surface area contributed by atoms with Crippen LogP contribution in [0.25, 0.3) is 22.4 Å². The fourth-order valence-corrected chi connectivity index (χ4v) is 1.93. The van der Waals surface area contributed by atoms with Gasteiger partial charge in [0.15, 0.2) is 11.5 Å². The van der Waals surface area contributed by atoms with Crippen LogP contribution in [0.3, 0.4) is 0 Å². The Morgan fingerprint density at radius 2 is 2.26 bits per heavy atom. The van der Waals surface area contributed by atoms with Crippen molar-refractivity contribution in [2.75, 3.05) is 7.11 Å². The average molecular weight is 258 g/mol. The number of carbonyl (C=O) groups is 1. The number of aromatic nitrogens is 2. The lowest BCUT2D eigenvalue weighted by Gasteiger charge is -1.99. The van der Waals surface area contributed by atoms with Crippen LogP contribution in [0.15, 0.2) is 34.9 Å². The highest BCUT2D eigenvalue weighted by Crippen LogP contribution is 2.30. The number of ether oxygens (including phenoxy) is 1. The number of benzene rings is 1. The van der Waals surface area contributed by atoms with E-state index >= 15 is 0 Å². The largest absolute Gasteiger partial charge is 0.495 e. The lowest BCUT2D eigenvalue weighted by Crippen LogP contribution is -1.94. The van der Waals surface area contributed by atoms with Crippen molar-refractivity contribution in [1.29, 1.82) is 0 Å². The van der Waals surface area contributed by atoms with Crippen molar-refractivity contribution in [3.8, 4) is 17.2 Å². The summed E-state index contributed by atoms with van der Waals surface area (Å²) in [7, 11) is 1.59. The fraction of sp³-hybridized carbons (Fsp3) is 0.0769. The van der Waals surface area contributed by atoms with E-state index in [1.165, 1.54) is 6.07 Å². The van der Waals surface area contributed by atoms with E-state index in [0.717, 1.165) is 10.9 Å². The summed E-state index contributed by atoms with van der Waals surface area (Å²) in [5.41, 5.74) is 1.35. The van der Waals surface area contributed by atoms with Crippen LogP contribution in [0.1, 0.15) is 10.5 Å². The van der Waals surface area contributed by atoms with Crippen molar-refractivity contribution in [2.24, 2.45) is 0 Å². The van der Waals surface area contributed by atoms with Gasteiger partial charge in [-0.1, -0.05) is 17.3 Å². The second-order valence-electron chi connectivity index (χ2n) is 3.99. The molecule has 0 spiro atoms. The molecule has 2 heterocycles. The van der Waals surface area contributed by atoms with Gasteiger partial charge in [0.25, 0.3) is 0 Å². The Kier molecular flexibility index (Phi) is 2.49. The van der Waals surface area contributed by atoms with Crippen LogP contribution in [0.2, 0.25) is 0 Å². The zero-order chi connectivity index (χ0) is 13.4. The van der Waals surface area contributed by atoms with Gasteiger partial charge in [-0.3, -0.25) is 0 Å². The van der Waals surface area contributed by atoms with Crippen LogP contribution < -0.4 is 4.74 Å². The number of aromatic amines is 1. The summed E-state index contributed by atoms with van der Waals surface area (Å²) in [6.45, 7) is 0. The molecule has 0 saturated heterocycles. The number of methoxy groups -OCH3 is 1. The van der Waals surface area contributed by atoms with Crippen LogP contribution in [-0.4, -0.2) is 28.3 Å². The summed E-state index contributed by atoms with van der Waals surface area (Å²) in [6.07, 6.45) is 0. The Bertz CT molecular complexity index is 757. The topological polar surface area (TPSA) is 88.3 Å². The molecule has 0 aliphatic rings. The number of carboxylic acid groups (broad SMARTS) is 1. The molecule has 0 amide bonds. The summed E-state index contributed by atoms with van der Waals surface area (Å²) in [4.78, 5) is 13.9. The highest BCUT2D eigenvalue weighted by Gasteiger charge is 2.14. The van der Waals surface area contributed by atoms with E-state index in [2.05, 4.69) is 10.1 Å². The normalized spacial score (nSPS) is 10.8. The standard InChI is InChI=1S/C13H10N2O4/c1-18-10-4-2-3-7-5-8(14-12(7)10)11-6-9(13(16)17)15-19-11/h2-6,14H,1H3,(H,16,17). The van der Waals surface area contributed by atoms with E-state index in [0.29, 0.717) is 17.2 Å². The molecule has 3 rings (SSSR count). The van der Waals surface area contributed by atoms with E-state index < -0.39 is 5.97 Å². The summed E-state index contributed by atoms with van der Waals surface area (Å²) < 4.78 is 10.3. The van der Waals surface area contributed by atoms with Gasteiger partial charge in [0, 0.05) is 11.5 Å². The third-order valence-electron chi connectivity index (χ3n) is 2.83. The molecule has 0 atom stereocenters. The number of H-pyrrole nitrogens is 1. The maximum absolute atomic E-state index is 10.8. The van der Waals surface area contributed by atoms with Crippen molar-refractivity contribution < 1.29 is 19.2 Å². The molecule has 2 N–H and O–H groups in total.